The van der Waals surface area contributed by atoms with Gasteiger partial charge in [-0.25, -0.2) is 0 Å². The van der Waals surface area contributed by atoms with E-state index in [1.807, 2.05) is 25.1 Å². The van der Waals surface area contributed by atoms with E-state index in [0.29, 0.717) is 18.8 Å². The van der Waals surface area contributed by atoms with Crippen LogP contribution in [0.15, 0.2) is 18.2 Å². The molecule has 1 heterocycles. The van der Waals surface area contributed by atoms with E-state index in [4.69, 9.17) is 21.1 Å². The molecular formula is C16H24ClNO2. The van der Waals surface area contributed by atoms with Crippen LogP contribution < -0.4 is 10.1 Å². The van der Waals surface area contributed by atoms with Gasteiger partial charge in [-0.1, -0.05) is 25.4 Å². The van der Waals surface area contributed by atoms with E-state index in [2.05, 4.69) is 19.2 Å². The molecule has 1 aromatic carbocycles. The predicted octanol–water partition coefficient (Wildman–Crippen LogP) is 3.57. The SMILES string of the molecule is Cc1cc(OCC2CCC(CNC(C)C)O2)ccc1Cl. The minimum absolute atomic E-state index is 0.199. The van der Waals surface area contributed by atoms with Gasteiger partial charge in [-0.05, 0) is 43.5 Å². The lowest BCUT2D eigenvalue weighted by Crippen LogP contribution is -2.32. The fourth-order valence-corrected chi connectivity index (χ4v) is 2.43. The lowest BCUT2D eigenvalue weighted by Gasteiger charge is -2.16. The molecule has 1 aliphatic heterocycles. The van der Waals surface area contributed by atoms with Crippen molar-refractivity contribution in [3.8, 4) is 5.75 Å². The van der Waals surface area contributed by atoms with Gasteiger partial charge in [-0.15, -0.1) is 0 Å². The quantitative estimate of drug-likeness (QED) is 0.871. The molecule has 112 valence electrons. The van der Waals surface area contributed by atoms with Crippen molar-refractivity contribution < 1.29 is 9.47 Å². The van der Waals surface area contributed by atoms with E-state index >= 15 is 0 Å². The second kappa shape index (κ2) is 7.30. The van der Waals surface area contributed by atoms with E-state index < -0.39 is 0 Å². The number of rotatable bonds is 6. The normalized spacial score (nSPS) is 22.4. The highest BCUT2D eigenvalue weighted by Crippen LogP contribution is 2.23. The van der Waals surface area contributed by atoms with Gasteiger partial charge in [0.2, 0.25) is 0 Å². The minimum Gasteiger partial charge on any atom is -0.491 e. The molecule has 1 fully saturated rings. The summed E-state index contributed by atoms with van der Waals surface area (Å²) in [5.74, 6) is 0.860. The number of aryl methyl sites for hydroxylation is 1. The molecule has 1 aliphatic rings. The molecule has 2 atom stereocenters. The van der Waals surface area contributed by atoms with Crippen LogP contribution in [0.4, 0.5) is 0 Å². The van der Waals surface area contributed by atoms with E-state index in [1.54, 1.807) is 0 Å². The van der Waals surface area contributed by atoms with Crippen molar-refractivity contribution in [2.24, 2.45) is 0 Å². The van der Waals surface area contributed by atoms with Crippen LogP contribution in [0.1, 0.15) is 32.3 Å². The van der Waals surface area contributed by atoms with Crippen molar-refractivity contribution in [3.63, 3.8) is 0 Å². The molecule has 1 aromatic rings. The molecule has 2 unspecified atom stereocenters. The first-order valence-corrected chi connectivity index (χ1v) is 7.70. The molecule has 0 aliphatic carbocycles. The topological polar surface area (TPSA) is 30.5 Å². The van der Waals surface area contributed by atoms with Gasteiger partial charge in [-0.2, -0.15) is 0 Å². The molecule has 0 saturated carbocycles. The van der Waals surface area contributed by atoms with Crippen molar-refractivity contribution in [2.75, 3.05) is 13.2 Å². The summed E-state index contributed by atoms with van der Waals surface area (Å²) in [4.78, 5) is 0. The van der Waals surface area contributed by atoms with Gasteiger partial charge in [0, 0.05) is 17.6 Å². The number of hydrogen-bond donors (Lipinski definition) is 1. The van der Waals surface area contributed by atoms with Crippen LogP contribution in [0.5, 0.6) is 5.75 Å². The third-order valence-electron chi connectivity index (χ3n) is 3.51. The number of ether oxygens (including phenoxy) is 2. The van der Waals surface area contributed by atoms with Gasteiger partial charge in [0.1, 0.15) is 12.4 Å². The largest absolute Gasteiger partial charge is 0.491 e. The smallest absolute Gasteiger partial charge is 0.119 e. The van der Waals surface area contributed by atoms with Gasteiger partial charge in [0.15, 0.2) is 0 Å². The zero-order valence-electron chi connectivity index (χ0n) is 12.5. The molecular weight excluding hydrogens is 274 g/mol. The molecule has 0 bridgehead atoms. The molecule has 0 amide bonds. The zero-order chi connectivity index (χ0) is 14.5. The molecule has 3 nitrogen and oxygen atoms in total. The Balaban J connectivity index is 1.73. The van der Waals surface area contributed by atoms with Crippen molar-refractivity contribution in [1.29, 1.82) is 0 Å². The molecule has 2 rings (SSSR count). The molecule has 20 heavy (non-hydrogen) atoms. The third-order valence-corrected chi connectivity index (χ3v) is 3.94. The van der Waals surface area contributed by atoms with Gasteiger partial charge in [0.05, 0.1) is 12.2 Å². The van der Waals surface area contributed by atoms with Crippen LogP contribution in [-0.4, -0.2) is 31.4 Å². The Kier molecular flexibility index (Phi) is 5.70. The van der Waals surface area contributed by atoms with Gasteiger partial charge in [-0.3, -0.25) is 0 Å². The summed E-state index contributed by atoms with van der Waals surface area (Å²) in [6.07, 6.45) is 2.69. The van der Waals surface area contributed by atoms with Gasteiger partial charge in [0.25, 0.3) is 0 Å². The monoisotopic (exact) mass is 297 g/mol. The fourth-order valence-electron chi connectivity index (χ4n) is 2.32. The lowest BCUT2D eigenvalue weighted by atomic mass is 10.2. The van der Waals surface area contributed by atoms with Crippen molar-refractivity contribution in [3.05, 3.63) is 28.8 Å². The molecule has 0 aromatic heterocycles. The highest BCUT2D eigenvalue weighted by atomic mass is 35.5. The van der Waals surface area contributed by atoms with Gasteiger partial charge < -0.3 is 14.8 Å². The van der Waals surface area contributed by atoms with Crippen LogP contribution in [-0.2, 0) is 4.74 Å². The summed E-state index contributed by atoms with van der Waals surface area (Å²) >= 11 is 6.00. The van der Waals surface area contributed by atoms with Gasteiger partial charge >= 0.3 is 0 Å². The molecule has 0 radical (unpaired) electrons. The summed E-state index contributed by atoms with van der Waals surface area (Å²) in [7, 11) is 0. The number of benzene rings is 1. The Morgan fingerprint density at radius 2 is 2.10 bits per heavy atom. The molecule has 1 N–H and O–H groups in total. The maximum atomic E-state index is 6.00. The summed E-state index contributed by atoms with van der Waals surface area (Å²) in [6, 6.07) is 6.25. The lowest BCUT2D eigenvalue weighted by molar-refractivity contribution is 0.0178. The summed E-state index contributed by atoms with van der Waals surface area (Å²) < 4.78 is 11.8. The Hall–Kier alpha value is -0.770. The molecule has 0 spiro atoms. The van der Waals surface area contributed by atoms with Crippen LogP contribution in [0.3, 0.4) is 0 Å². The first kappa shape index (κ1) is 15.6. The predicted molar refractivity (Wildman–Crippen MR) is 82.7 cm³/mol. The summed E-state index contributed by atoms with van der Waals surface area (Å²) in [5.41, 5.74) is 1.04. The van der Waals surface area contributed by atoms with Crippen molar-refractivity contribution in [2.45, 2.75) is 51.9 Å². The first-order chi connectivity index (χ1) is 9.54. The summed E-state index contributed by atoms with van der Waals surface area (Å²) in [6.45, 7) is 7.82. The molecule has 4 heteroatoms. The zero-order valence-corrected chi connectivity index (χ0v) is 13.2. The highest BCUT2D eigenvalue weighted by molar-refractivity contribution is 6.31. The number of halogens is 1. The third kappa shape index (κ3) is 4.65. The number of hydrogen-bond acceptors (Lipinski definition) is 3. The average Bonchev–Trinajstić information content (AvgIpc) is 2.86. The summed E-state index contributed by atoms with van der Waals surface area (Å²) in [5, 5.41) is 4.19. The molecule has 1 saturated heterocycles. The van der Waals surface area contributed by atoms with E-state index in [0.717, 1.165) is 35.7 Å². The standard InChI is InChI=1S/C16H24ClNO2/c1-11(2)18-9-14-4-5-15(20-14)10-19-13-6-7-16(17)12(3)8-13/h6-8,11,14-15,18H,4-5,9-10H2,1-3H3. The Bertz CT molecular complexity index is 436. The van der Waals surface area contributed by atoms with E-state index in [1.165, 1.54) is 0 Å². The Morgan fingerprint density at radius 1 is 1.35 bits per heavy atom. The maximum Gasteiger partial charge on any atom is 0.119 e. The Labute approximate surface area is 126 Å². The number of nitrogens with one attached hydrogen (secondary N) is 1. The average molecular weight is 298 g/mol. The van der Waals surface area contributed by atoms with Crippen LogP contribution in [0, 0.1) is 6.92 Å². The Morgan fingerprint density at radius 3 is 2.80 bits per heavy atom. The van der Waals surface area contributed by atoms with E-state index in [9.17, 15) is 0 Å². The first-order valence-electron chi connectivity index (χ1n) is 7.32. The maximum absolute atomic E-state index is 6.00. The van der Waals surface area contributed by atoms with Crippen molar-refractivity contribution >= 4 is 11.6 Å². The fraction of sp³-hybridized carbons (Fsp3) is 0.625. The van der Waals surface area contributed by atoms with E-state index in [-0.39, 0.29) is 6.10 Å². The highest BCUT2D eigenvalue weighted by Gasteiger charge is 2.25. The van der Waals surface area contributed by atoms with Crippen LogP contribution in [0.25, 0.3) is 0 Å². The van der Waals surface area contributed by atoms with Crippen LogP contribution >= 0.6 is 11.6 Å². The van der Waals surface area contributed by atoms with Crippen LogP contribution in [0.2, 0.25) is 5.02 Å². The van der Waals surface area contributed by atoms with Crippen molar-refractivity contribution in [1.82, 2.24) is 5.32 Å². The minimum atomic E-state index is 0.199. The second-order valence-corrected chi connectivity index (χ2v) is 6.15. The second-order valence-electron chi connectivity index (χ2n) is 5.74.